The fourth-order valence-electron chi connectivity index (χ4n) is 2.82. The lowest BCUT2D eigenvalue weighted by Crippen LogP contribution is -2.27. The fourth-order valence-corrected chi connectivity index (χ4v) is 2.82. The maximum atomic E-state index is 5.49. The van der Waals surface area contributed by atoms with Crippen LogP contribution in [0.15, 0.2) is 12.1 Å². The highest BCUT2D eigenvalue weighted by molar-refractivity contribution is 5.50. The van der Waals surface area contributed by atoms with Crippen molar-refractivity contribution in [3.05, 3.63) is 23.3 Å². The number of nitrogens with one attached hydrogen (secondary N) is 1. The van der Waals surface area contributed by atoms with Crippen molar-refractivity contribution >= 4 is 0 Å². The zero-order valence-electron chi connectivity index (χ0n) is 10.3. The van der Waals surface area contributed by atoms with Gasteiger partial charge in [0.2, 0.25) is 6.79 Å². The monoisotopic (exact) mass is 233 g/mol. The van der Waals surface area contributed by atoms with Gasteiger partial charge in [0.15, 0.2) is 11.5 Å². The summed E-state index contributed by atoms with van der Waals surface area (Å²) in [7, 11) is 0. The van der Waals surface area contributed by atoms with Crippen LogP contribution in [0.1, 0.15) is 36.8 Å². The summed E-state index contributed by atoms with van der Waals surface area (Å²) in [6.45, 7) is 4.83. The average molecular weight is 233 g/mol. The summed E-state index contributed by atoms with van der Waals surface area (Å²) >= 11 is 0. The summed E-state index contributed by atoms with van der Waals surface area (Å²) in [6, 6.07) is 4.37. The summed E-state index contributed by atoms with van der Waals surface area (Å²) in [6.07, 6.45) is 3.52. The molecule has 2 aliphatic rings. The second kappa shape index (κ2) is 4.57. The minimum atomic E-state index is 0.369. The fraction of sp³-hybridized carbons (Fsp3) is 0.571. The van der Waals surface area contributed by atoms with Gasteiger partial charge in [0, 0.05) is 0 Å². The van der Waals surface area contributed by atoms with Gasteiger partial charge in [0.25, 0.3) is 0 Å². The van der Waals surface area contributed by atoms with E-state index in [0.29, 0.717) is 12.7 Å². The molecule has 1 N–H and O–H groups in total. The highest BCUT2D eigenvalue weighted by Crippen LogP contribution is 2.39. The third-order valence-electron chi connectivity index (χ3n) is 3.79. The van der Waals surface area contributed by atoms with Crippen LogP contribution in [0.5, 0.6) is 11.5 Å². The molecule has 1 saturated heterocycles. The molecule has 3 rings (SSSR count). The van der Waals surface area contributed by atoms with Crippen LogP contribution in [0.2, 0.25) is 0 Å². The second-order valence-electron chi connectivity index (χ2n) is 4.78. The highest BCUT2D eigenvalue weighted by Gasteiger charge is 2.22. The lowest BCUT2D eigenvalue weighted by molar-refractivity contribution is 0.174. The van der Waals surface area contributed by atoms with Gasteiger partial charge in [-0.2, -0.15) is 0 Å². The molecule has 1 aromatic carbocycles. The van der Waals surface area contributed by atoms with Gasteiger partial charge in [-0.3, -0.25) is 0 Å². The molecule has 2 aliphatic heterocycles. The van der Waals surface area contributed by atoms with E-state index in [9.17, 15) is 0 Å². The van der Waals surface area contributed by atoms with Crippen molar-refractivity contribution in [2.24, 2.45) is 0 Å². The predicted molar refractivity (Wildman–Crippen MR) is 66.8 cm³/mol. The number of benzene rings is 1. The molecule has 1 fully saturated rings. The molecule has 0 saturated carbocycles. The smallest absolute Gasteiger partial charge is 0.231 e. The van der Waals surface area contributed by atoms with E-state index < -0.39 is 0 Å². The standard InChI is InChI=1S/C14H19NO2/c1-2-10-7-13-14(17-9-16-13)8-12(10)11-3-5-15-6-4-11/h7-8,11,15H,2-6,9H2,1H3. The number of hydrogen-bond donors (Lipinski definition) is 1. The number of fused-ring (bicyclic) bond motifs is 1. The van der Waals surface area contributed by atoms with E-state index >= 15 is 0 Å². The van der Waals surface area contributed by atoms with Crippen LogP contribution in [-0.2, 0) is 6.42 Å². The number of piperidine rings is 1. The van der Waals surface area contributed by atoms with Crippen LogP contribution in [0.25, 0.3) is 0 Å². The Hall–Kier alpha value is -1.22. The van der Waals surface area contributed by atoms with E-state index in [4.69, 9.17) is 9.47 Å². The van der Waals surface area contributed by atoms with Gasteiger partial charge in [0.05, 0.1) is 0 Å². The molecule has 0 bridgehead atoms. The zero-order valence-corrected chi connectivity index (χ0v) is 10.3. The van der Waals surface area contributed by atoms with Crippen molar-refractivity contribution < 1.29 is 9.47 Å². The summed E-state index contributed by atoms with van der Waals surface area (Å²) in [5.74, 6) is 2.52. The van der Waals surface area contributed by atoms with Gasteiger partial charge >= 0.3 is 0 Å². The molecule has 0 atom stereocenters. The van der Waals surface area contributed by atoms with E-state index in [0.717, 1.165) is 31.0 Å². The van der Waals surface area contributed by atoms with Crippen molar-refractivity contribution in [2.75, 3.05) is 19.9 Å². The Balaban J connectivity index is 1.96. The van der Waals surface area contributed by atoms with Crippen molar-refractivity contribution in [2.45, 2.75) is 32.1 Å². The maximum absolute atomic E-state index is 5.49. The number of rotatable bonds is 2. The molecule has 0 amide bonds. The Morgan fingerprint density at radius 1 is 1.18 bits per heavy atom. The Kier molecular flexibility index (Phi) is 2.93. The van der Waals surface area contributed by atoms with Crippen molar-refractivity contribution in [3.8, 4) is 11.5 Å². The average Bonchev–Trinajstić information content (AvgIpc) is 2.85. The van der Waals surface area contributed by atoms with Gasteiger partial charge in [0.1, 0.15) is 0 Å². The van der Waals surface area contributed by atoms with Gasteiger partial charge < -0.3 is 14.8 Å². The Labute approximate surface area is 102 Å². The van der Waals surface area contributed by atoms with Gasteiger partial charge in [-0.25, -0.2) is 0 Å². The van der Waals surface area contributed by atoms with Crippen LogP contribution < -0.4 is 14.8 Å². The first-order valence-electron chi connectivity index (χ1n) is 6.51. The summed E-state index contributed by atoms with van der Waals surface area (Å²) in [5.41, 5.74) is 2.89. The first-order chi connectivity index (χ1) is 8.38. The molecule has 0 spiro atoms. The first-order valence-corrected chi connectivity index (χ1v) is 6.51. The quantitative estimate of drug-likeness (QED) is 0.851. The number of aryl methyl sites for hydroxylation is 1. The van der Waals surface area contributed by atoms with E-state index in [1.54, 1.807) is 0 Å². The molecule has 3 heteroatoms. The molecule has 3 nitrogen and oxygen atoms in total. The lowest BCUT2D eigenvalue weighted by atomic mass is 9.86. The molecule has 1 aromatic rings. The predicted octanol–water partition coefficient (Wildman–Crippen LogP) is 2.44. The largest absolute Gasteiger partial charge is 0.454 e. The van der Waals surface area contributed by atoms with E-state index in [1.165, 1.54) is 24.0 Å². The third kappa shape index (κ3) is 2.00. The first kappa shape index (κ1) is 10.9. The SMILES string of the molecule is CCc1cc2c(cc1C1CCNCC1)OCO2. The van der Waals surface area contributed by atoms with E-state index in [1.807, 2.05) is 0 Å². The van der Waals surface area contributed by atoms with Gasteiger partial charge in [-0.1, -0.05) is 6.92 Å². The molecule has 0 aliphatic carbocycles. The zero-order chi connectivity index (χ0) is 11.7. The van der Waals surface area contributed by atoms with Crippen molar-refractivity contribution in [1.29, 1.82) is 0 Å². The van der Waals surface area contributed by atoms with Crippen LogP contribution in [-0.4, -0.2) is 19.9 Å². The molecule has 92 valence electrons. The van der Waals surface area contributed by atoms with Crippen LogP contribution >= 0.6 is 0 Å². The lowest BCUT2D eigenvalue weighted by Gasteiger charge is -2.25. The minimum Gasteiger partial charge on any atom is -0.454 e. The van der Waals surface area contributed by atoms with Crippen LogP contribution in [0.4, 0.5) is 0 Å². The molecular formula is C14H19NO2. The van der Waals surface area contributed by atoms with E-state index in [2.05, 4.69) is 24.4 Å². The Morgan fingerprint density at radius 2 is 1.88 bits per heavy atom. The highest BCUT2D eigenvalue weighted by atomic mass is 16.7. The molecule has 0 radical (unpaired) electrons. The van der Waals surface area contributed by atoms with Crippen LogP contribution in [0.3, 0.4) is 0 Å². The van der Waals surface area contributed by atoms with Crippen LogP contribution in [0, 0.1) is 0 Å². The molecule has 0 unspecified atom stereocenters. The normalized spacial score (nSPS) is 19.6. The Bertz CT molecular complexity index is 411. The molecule has 2 heterocycles. The maximum Gasteiger partial charge on any atom is 0.231 e. The number of ether oxygens (including phenoxy) is 2. The van der Waals surface area contributed by atoms with Gasteiger partial charge in [-0.05, 0) is 61.5 Å². The van der Waals surface area contributed by atoms with Crippen molar-refractivity contribution in [3.63, 3.8) is 0 Å². The summed E-state index contributed by atoms with van der Waals surface area (Å²) in [4.78, 5) is 0. The topological polar surface area (TPSA) is 30.5 Å². The van der Waals surface area contributed by atoms with Crippen molar-refractivity contribution in [1.82, 2.24) is 5.32 Å². The van der Waals surface area contributed by atoms with Gasteiger partial charge in [-0.15, -0.1) is 0 Å². The molecular weight excluding hydrogens is 214 g/mol. The Morgan fingerprint density at radius 3 is 2.59 bits per heavy atom. The summed E-state index contributed by atoms with van der Waals surface area (Å²) < 4.78 is 10.9. The van der Waals surface area contributed by atoms with E-state index in [-0.39, 0.29) is 0 Å². The number of hydrogen-bond acceptors (Lipinski definition) is 3. The third-order valence-corrected chi connectivity index (χ3v) is 3.79. The summed E-state index contributed by atoms with van der Waals surface area (Å²) in [5, 5.41) is 3.42. The second-order valence-corrected chi connectivity index (χ2v) is 4.78. The molecule has 0 aromatic heterocycles. The molecule has 17 heavy (non-hydrogen) atoms. The minimum absolute atomic E-state index is 0.369.